The Labute approximate surface area is 318 Å². The first-order chi connectivity index (χ1) is 26.0. The second-order valence-corrected chi connectivity index (χ2v) is 16.7. The van der Waals surface area contributed by atoms with Crippen LogP contribution in [0.4, 0.5) is 0 Å². The Bertz CT molecular complexity index is 1880. The maximum absolute atomic E-state index is 14.2. The molecule has 4 aliphatic carbocycles. The number of rotatable bonds is 7. The van der Waals surface area contributed by atoms with Gasteiger partial charge in [-0.3, -0.25) is 14.4 Å². The van der Waals surface area contributed by atoms with Gasteiger partial charge < -0.3 is 53.6 Å². The lowest BCUT2D eigenvalue weighted by atomic mass is 9.43. The second-order valence-electron chi connectivity index (χ2n) is 16.7. The summed E-state index contributed by atoms with van der Waals surface area (Å²) in [5, 5.41) is 44.1. The van der Waals surface area contributed by atoms with Crippen LogP contribution in [0.25, 0.3) is 0 Å². The van der Waals surface area contributed by atoms with Crippen molar-refractivity contribution in [1.82, 2.24) is 0 Å². The van der Waals surface area contributed by atoms with E-state index in [2.05, 4.69) is 32.4 Å². The summed E-state index contributed by atoms with van der Waals surface area (Å²) in [6, 6.07) is 0. The summed E-state index contributed by atoms with van der Waals surface area (Å²) in [5.74, 6) is -2.88. The lowest BCUT2D eigenvalue weighted by Crippen LogP contribution is -2.65. The first-order valence-electron chi connectivity index (χ1n) is 19.1. The van der Waals surface area contributed by atoms with Crippen molar-refractivity contribution < 1.29 is 68.0 Å². The van der Waals surface area contributed by atoms with Gasteiger partial charge in [0.1, 0.15) is 23.9 Å². The molecule has 14 nitrogen and oxygen atoms in total. The molecule has 11 atom stereocenters. The fraction of sp³-hybridized carbons (Fsp3) is 0.610. The SMILES string of the molecule is C=C1OC(OC2=C(O)CC(OC3=C(O)CC(OC4CCC5(C)C(CCC6C5CC(=O)C5(C)C(C7=C=C(O)OC7)CCC65O)C4)OC3=C)OC2=C)CC(=O)C1=O. The summed E-state index contributed by atoms with van der Waals surface area (Å²) in [6.07, 6.45) is 1.62. The van der Waals surface area contributed by atoms with Crippen LogP contribution in [-0.4, -0.2) is 75.0 Å². The van der Waals surface area contributed by atoms with Gasteiger partial charge in [0.2, 0.25) is 36.2 Å². The minimum Gasteiger partial charge on any atom is -0.508 e. The lowest BCUT2D eigenvalue weighted by molar-refractivity contribution is -0.218. The van der Waals surface area contributed by atoms with Crippen molar-refractivity contribution in [3.05, 3.63) is 77.3 Å². The first-order valence-corrected chi connectivity index (χ1v) is 19.1. The molecule has 11 unspecified atom stereocenters. The molecule has 14 heteroatoms. The van der Waals surface area contributed by atoms with Crippen LogP contribution in [-0.2, 0) is 47.5 Å². The molecule has 8 aliphatic rings. The van der Waals surface area contributed by atoms with E-state index in [1.165, 1.54) is 0 Å². The molecule has 4 heterocycles. The van der Waals surface area contributed by atoms with Crippen molar-refractivity contribution in [2.45, 2.75) is 115 Å². The summed E-state index contributed by atoms with van der Waals surface area (Å²) in [4.78, 5) is 37.7. The van der Waals surface area contributed by atoms with Crippen LogP contribution in [0.1, 0.15) is 84.5 Å². The summed E-state index contributed by atoms with van der Waals surface area (Å²) < 4.78 is 40.0. The minimum absolute atomic E-state index is 0.0178. The van der Waals surface area contributed by atoms with Gasteiger partial charge in [0.05, 0.1) is 36.4 Å². The molecule has 0 amide bonds. The van der Waals surface area contributed by atoms with Gasteiger partial charge in [-0.05, 0) is 80.8 Å². The summed E-state index contributed by atoms with van der Waals surface area (Å²) in [6.45, 7) is 15.5. The van der Waals surface area contributed by atoms with Gasteiger partial charge in [0.15, 0.2) is 17.3 Å². The zero-order valence-electron chi connectivity index (χ0n) is 31.1. The molecule has 0 spiro atoms. The molecule has 5 fully saturated rings. The third-order valence-corrected chi connectivity index (χ3v) is 14.0. The van der Waals surface area contributed by atoms with E-state index < -0.39 is 41.5 Å². The summed E-state index contributed by atoms with van der Waals surface area (Å²) >= 11 is 0. The van der Waals surface area contributed by atoms with E-state index in [-0.39, 0.29) is 113 Å². The van der Waals surface area contributed by atoms with Crippen molar-refractivity contribution in [1.29, 1.82) is 0 Å². The number of carbonyl (C=O) groups is 3. The zero-order valence-corrected chi connectivity index (χ0v) is 31.1. The summed E-state index contributed by atoms with van der Waals surface area (Å²) in [5.41, 5.74) is 1.41. The van der Waals surface area contributed by atoms with E-state index in [0.29, 0.717) is 19.3 Å². The number of hydrogen-bond acceptors (Lipinski definition) is 14. The predicted octanol–water partition coefficient (Wildman–Crippen LogP) is 5.77. The Balaban J connectivity index is 0.879. The van der Waals surface area contributed by atoms with Gasteiger partial charge in [-0.1, -0.05) is 26.7 Å². The smallest absolute Gasteiger partial charge is 0.325 e. The molecule has 0 aromatic rings. The van der Waals surface area contributed by atoms with E-state index in [1.54, 1.807) is 0 Å². The molecular formula is C41H48O14. The van der Waals surface area contributed by atoms with Crippen LogP contribution in [0.3, 0.4) is 0 Å². The highest BCUT2D eigenvalue weighted by atomic mass is 16.7. The number of aliphatic hydroxyl groups is 4. The monoisotopic (exact) mass is 764 g/mol. The van der Waals surface area contributed by atoms with Gasteiger partial charge in [0, 0.05) is 17.9 Å². The van der Waals surface area contributed by atoms with Crippen LogP contribution >= 0.6 is 0 Å². The lowest BCUT2D eigenvalue weighted by Gasteiger charge is -2.63. The van der Waals surface area contributed by atoms with E-state index in [1.807, 2.05) is 6.92 Å². The maximum Gasteiger partial charge on any atom is 0.325 e. The van der Waals surface area contributed by atoms with Crippen molar-refractivity contribution >= 4 is 17.3 Å². The van der Waals surface area contributed by atoms with Gasteiger partial charge in [0.25, 0.3) is 5.78 Å². The number of carbonyl (C=O) groups excluding carboxylic acids is 3. The molecule has 0 radical (unpaired) electrons. The van der Waals surface area contributed by atoms with E-state index >= 15 is 0 Å². The van der Waals surface area contributed by atoms with Crippen LogP contribution in [0.15, 0.2) is 77.3 Å². The van der Waals surface area contributed by atoms with E-state index in [9.17, 15) is 34.8 Å². The Morgan fingerprint density at radius 1 is 0.764 bits per heavy atom. The second kappa shape index (κ2) is 13.2. The molecule has 296 valence electrons. The Morgan fingerprint density at radius 2 is 1.40 bits per heavy atom. The minimum atomic E-state index is -1.21. The van der Waals surface area contributed by atoms with Gasteiger partial charge >= 0.3 is 5.95 Å². The van der Waals surface area contributed by atoms with Crippen LogP contribution < -0.4 is 0 Å². The molecule has 0 aromatic carbocycles. The topological polar surface area (TPSA) is 197 Å². The standard InChI is InChI=1S/C41H48O14/c1-19-36(47)28(42)15-34(50-19)54-38-21(3)52-35(17-30(38)44)55-37-20(2)51-33(16-29(37)43)53-24-8-10-39(4)23(13-24)6-7-26-27(39)14-31(45)40(5)25(9-11-41(26,40)48)22-12-32(46)49-18-22/h23-27,33-35,43-44,46,48H,1-3,6-11,13-18H2,4-5H3. The molecule has 4 N–H and O–H groups in total. The summed E-state index contributed by atoms with van der Waals surface area (Å²) in [7, 11) is 0. The number of hydrogen-bond donors (Lipinski definition) is 4. The molecule has 55 heavy (non-hydrogen) atoms. The number of ether oxygens (including phenoxy) is 7. The zero-order chi connectivity index (χ0) is 39.2. The van der Waals surface area contributed by atoms with Crippen molar-refractivity contribution in [2.75, 3.05) is 6.61 Å². The number of ketones is 3. The maximum atomic E-state index is 14.2. The average molecular weight is 765 g/mol. The number of allylic oxidation sites excluding steroid dienone is 1. The van der Waals surface area contributed by atoms with E-state index in [0.717, 1.165) is 37.7 Å². The quantitative estimate of drug-likeness (QED) is 0.139. The molecular weight excluding hydrogens is 716 g/mol. The highest BCUT2D eigenvalue weighted by Gasteiger charge is 2.71. The third-order valence-electron chi connectivity index (χ3n) is 14.0. The van der Waals surface area contributed by atoms with E-state index in [4.69, 9.17) is 33.2 Å². The highest BCUT2D eigenvalue weighted by molar-refractivity contribution is 6.43. The van der Waals surface area contributed by atoms with Gasteiger partial charge in [-0.2, -0.15) is 0 Å². The number of aliphatic hydroxyl groups excluding tert-OH is 3. The Hall–Kier alpha value is -4.65. The molecule has 1 saturated heterocycles. The van der Waals surface area contributed by atoms with Gasteiger partial charge in [-0.25, -0.2) is 0 Å². The first kappa shape index (κ1) is 37.3. The van der Waals surface area contributed by atoms with Crippen LogP contribution in [0.5, 0.6) is 0 Å². The predicted molar refractivity (Wildman–Crippen MR) is 188 cm³/mol. The molecule has 0 aromatic heterocycles. The number of fused-ring (bicyclic) bond motifs is 5. The third kappa shape index (κ3) is 5.95. The Morgan fingerprint density at radius 3 is 2.04 bits per heavy atom. The highest BCUT2D eigenvalue weighted by Crippen LogP contribution is 2.69. The molecule has 4 aliphatic heterocycles. The van der Waals surface area contributed by atoms with Crippen molar-refractivity contribution in [2.24, 2.45) is 34.5 Å². The Kier molecular flexibility index (Phi) is 8.97. The molecule has 8 rings (SSSR count). The van der Waals surface area contributed by atoms with Crippen molar-refractivity contribution in [3.63, 3.8) is 0 Å². The normalized spacial score (nSPS) is 41.6. The number of Topliss-reactive ketones (excluding diaryl/α,β-unsaturated/α-hetero) is 3. The molecule has 0 bridgehead atoms. The fourth-order valence-electron chi connectivity index (χ4n) is 11.1. The van der Waals surface area contributed by atoms with Crippen LogP contribution in [0, 0.1) is 34.5 Å². The van der Waals surface area contributed by atoms with Gasteiger partial charge in [-0.15, -0.1) is 0 Å². The van der Waals surface area contributed by atoms with Crippen LogP contribution in [0.2, 0.25) is 0 Å². The molecule has 4 saturated carbocycles. The largest absolute Gasteiger partial charge is 0.508 e. The van der Waals surface area contributed by atoms with Crippen molar-refractivity contribution in [3.8, 4) is 0 Å². The average Bonchev–Trinajstić information content (AvgIpc) is 3.67. The fourth-order valence-corrected chi connectivity index (χ4v) is 11.1.